The molecular weight excluding hydrogens is 370 g/mol. The number of hydrogen-bond donors (Lipinski definition) is 3. The third-order valence-corrected chi connectivity index (χ3v) is 5.40. The Bertz CT molecular complexity index is 571. The second-order valence-corrected chi connectivity index (χ2v) is 9.87. The summed E-state index contributed by atoms with van der Waals surface area (Å²) in [7, 11) is 0. The highest BCUT2D eigenvalue weighted by Gasteiger charge is 2.37. The van der Waals surface area contributed by atoms with E-state index >= 15 is 0 Å². The number of hydrogen-bond acceptors (Lipinski definition) is 5. The Morgan fingerprint density at radius 1 is 1.21 bits per heavy atom. The molecule has 0 aromatic heterocycles. The maximum absolute atomic E-state index is 12.4. The number of alkyl carbamates (subject to hydrolysis) is 1. The largest absolute Gasteiger partial charge is 0.444 e. The number of carbonyl (C=O) groups is 2. The molecule has 2 saturated heterocycles. The molecule has 0 spiro atoms. The van der Waals surface area contributed by atoms with Gasteiger partial charge in [0.1, 0.15) is 5.60 Å². The van der Waals surface area contributed by atoms with Crippen molar-refractivity contribution in [3.63, 3.8) is 0 Å². The minimum Gasteiger partial charge on any atom is -0.444 e. The Morgan fingerprint density at radius 2 is 1.83 bits per heavy atom. The second-order valence-electron chi connectivity index (χ2n) is 9.87. The van der Waals surface area contributed by atoms with Gasteiger partial charge in [0, 0.05) is 24.5 Å². The first kappa shape index (κ1) is 23.7. The average Bonchev–Trinajstić information content (AvgIpc) is 2.53. The van der Waals surface area contributed by atoms with Crippen LogP contribution in [0.2, 0.25) is 0 Å². The van der Waals surface area contributed by atoms with Gasteiger partial charge < -0.3 is 20.6 Å². The average molecular weight is 410 g/mol. The van der Waals surface area contributed by atoms with Gasteiger partial charge in [0.2, 0.25) is 5.91 Å². The maximum atomic E-state index is 12.4. The zero-order valence-electron chi connectivity index (χ0n) is 18.6. The van der Waals surface area contributed by atoms with Crippen LogP contribution in [0, 0.1) is 5.92 Å². The van der Waals surface area contributed by atoms with Crippen molar-refractivity contribution < 1.29 is 19.5 Å². The topological polar surface area (TPSA) is 90.9 Å². The van der Waals surface area contributed by atoms with Gasteiger partial charge in [-0.1, -0.05) is 32.4 Å². The minimum atomic E-state index is -0.543. The number of fused-ring (bicyclic) bond motifs is 2. The number of carbonyl (C=O) groups excluding carboxylic acids is 2. The van der Waals surface area contributed by atoms with Crippen LogP contribution in [0.3, 0.4) is 0 Å². The van der Waals surface area contributed by atoms with Crippen LogP contribution >= 0.6 is 0 Å². The van der Waals surface area contributed by atoms with E-state index in [1.165, 1.54) is 5.06 Å². The summed E-state index contributed by atoms with van der Waals surface area (Å²) in [6, 6.07) is 0.282. The molecule has 29 heavy (non-hydrogen) atoms. The third kappa shape index (κ3) is 8.34. The first-order valence-electron chi connectivity index (χ1n) is 11.0. The lowest BCUT2D eigenvalue weighted by Gasteiger charge is -2.45. The molecule has 3 atom stereocenters. The van der Waals surface area contributed by atoms with Crippen LogP contribution in [0.4, 0.5) is 4.79 Å². The maximum Gasteiger partial charge on any atom is 0.408 e. The molecule has 2 unspecified atom stereocenters. The van der Waals surface area contributed by atoms with Gasteiger partial charge in [-0.15, -0.1) is 0 Å². The van der Waals surface area contributed by atoms with E-state index in [9.17, 15) is 14.8 Å². The van der Waals surface area contributed by atoms with Crippen molar-refractivity contribution >= 4 is 12.0 Å². The Kier molecular flexibility index (Phi) is 8.52. The summed E-state index contributed by atoms with van der Waals surface area (Å²) in [4.78, 5) is 24.4. The third-order valence-electron chi connectivity index (χ3n) is 5.40. The molecule has 7 heteroatoms. The van der Waals surface area contributed by atoms with Gasteiger partial charge >= 0.3 is 6.09 Å². The minimum absolute atomic E-state index is 0.0173. The van der Waals surface area contributed by atoms with Gasteiger partial charge in [0.05, 0.1) is 6.04 Å². The van der Waals surface area contributed by atoms with Crippen molar-refractivity contribution in [2.45, 2.75) is 109 Å². The Hall–Kier alpha value is -1.60. The fourth-order valence-electron chi connectivity index (χ4n) is 4.25. The van der Waals surface area contributed by atoms with Crippen LogP contribution in [0.5, 0.6) is 0 Å². The van der Waals surface area contributed by atoms with Crippen molar-refractivity contribution in [1.82, 2.24) is 15.7 Å². The normalized spacial score (nSPS) is 26.4. The second kappa shape index (κ2) is 10.4. The highest BCUT2D eigenvalue weighted by atomic mass is 16.6. The van der Waals surface area contributed by atoms with Crippen LogP contribution in [0.15, 0.2) is 12.2 Å². The molecule has 0 aromatic rings. The summed E-state index contributed by atoms with van der Waals surface area (Å²) < 4.78 is 5.33. The molecule has 7 nitrogen and oxygen atoms in total. The zero-order chi connectivity index (χ0) is 21.6. The monoisotopic (exact) mass is 409 g/mol. The van der Waals surface area contributed by atoms with Crippen LogP contribution in [-0.2, 0) is 9.53 Å². The summed E-state index contributed by atoms with van der Waals surface area (Å²) in [5.74, 6) is 0.382. The molecule has 2 amide bonds. The van der Waals surface area contributed by atoms with Gasteiger partial charge in [-0.25, -0.2) is 4.79 Å². The van der Waals surface area contributed by atoms with E-state index in [0.29, 0.717) is 5.92 Å². The first-order chi connectivity index (χ1) is 13.5. The highest BCUT2D eigenvalue weighted by molar-refractivity contribution is 5.77. The number of hydroxylamine groups is 2. The van der Waals surface area contributed by atoms with Gasteiger partial charge in [-0.3, -0.25) is 4.79 Å². The molecule has 2 bridgehead atoms. The van der Waals surface area contributed by atoms with Crippen molar-refractivity contribution in [1.29, 1.82) is 0 Å². The molecule has 2 aliphatic rings. The van der Waals surface area contributed by atoms with Gasteiger partial charge in [0.15, 0.2) is 0 Å². The molecule has 0 radical (unpaired) electrons. The lowest BCUT2D eigenvalue weighted by atomic mass is 9.83. The number of nitrogens with zero attached hydrogens (tertiary/aromatic N) is 1. The summed E-state index contributed by atoms with van der Waals surface area (Å²) >= 11 is 0. The fourth-order valence-corrected chi connectivity index (χ4v) is 4.25. The van der Waals surface area contributed by atoms with Crippen LogP contribution in [0.1, 0.15) is 79.6 Å². The van der Waals surface area contributed by atoms with Crippen molar-refractivity contribution in [2.75, 3.05) is 0 Å². The fraction of sp³-hybridized carbons (Fsp3) is 0.818. The molecular formula is C22H39N3O4. The first-order valence-corrected chi connectivity index (χ1v) is 11.0. The van der Waals surface area contributed by atoms with Crippen molar-refractivity contribution in [3.05, 3.63) is 12.2 Å². The molecule has 0 saturated carbocycles. The van der Waals surface area contributed by atoms with Gasteiger partial charge in [-0.2, -0.15) is 5.06 Å². The Labute approximate surface area is 175 Å². The number of nitrogens with one attached hydrogen (secondary N) is 2. The molecule has 0 aliphatic carbocycles. The van der Waals surface area contributed by atoms with E-state index in [4.69, 9.17) is 4.74 Å². The summed E-state index contributed by atoms with van der Waals surface area (Å²) in [6.45, 7) is 9.68. The SMILES string of the molecule is CC(C)C[C@@H](/C=C/CC(=O)NC1CC2CCCC(C1)N2O)NC(=O)OC(C)(C)C. The van der Waals surface area contributed by atoms with Crippen molar-refractivity contribution in [2.24, 2.45) is 5.92 Å². The van der Waals surface area contributed by atoms with E-state index < -0.39 is 11.7 Å². The number of amides is 2. The summed E-state index contributed by atoms with van der Waals surface area (Å²) in [6.07, 6.45) is 9.05. The van der Waals surface area contributed by atoms with Gasteiger partial charge in [-0.05, 0) is 58.8 Å². The Balaban J connectivity index is 1.81. The van der Waals surface area contributed by atoms with E-state index in [2.05, 4.69) is 24.5 Å². The van der Waals surface area contributed by atoms with E-state index in [1.807, 2.05) is 32.9 Å². The molecule has 2 rings (SSSR count). The van der Waals surface area contributed by atoms with E-state index in [0.717, 1.165) is 38.5 Å². The van der Waals surface area contributed by atoms with Crippen LogP contribution < -0.4 is 10.6 Å². The highest BCUT2D eigenvalue weighted by Crippen LogP contribution is 2.32. The standard InChI is InChI=1S/C22H39N3O4/c1-15(2)12-16(24-21(27)29-22(3,4)5)8-6-11-20(26)23-17-13-18-9-7-10-19(14-17)25(18)28/h6,8,15-19,28H,7,9-14H2,1-5H3,(H,23,26)(H,24,27)/b8-6+/t16-,17?,18?,19?/m1/s1. The van der Waals surface area contributed by atoms with E-state index in [-0.39, 0.29) is 36.5 Å². The molecule has 2 heterocycles. The molecule has 2 aliphatic heterocycles. The van der Waals surface area contributed by atoms with E-state index in [1.54, 1.807) is 0 Å². The van der Waals surface area contributed by atoms with Crippen molar-refractivity contribution in [3.8, 4) is 0 Å². The predicted octanol–water partition coefficient (Wildman–Crippen LogP) is 3.76. The molecule has 3 N–H and O–H groups in total. The number of ether oxygens (including phenoxy) is 1. The quantitative estimate of drug-likeness (QED) is 0.557. The smallest absolute Gasteiger partial charge is 0.408 e. The zero-order valence-corrected chi connectivity index (χ0v) is 18.6. The number of piperidine rings is 2. The van der Waals surface area contributed by atoms with Gasteiger partial charge in [0.25, 0.3) is 0 Å². The Morgan fingerprint density at radius 3 is 2.38 bits per heavy atom. The molecule has 166 valence electrons. The molecule has 0 aromatic carbocycles. The number of rotatable bonds is 7. The lowest BCUT2D eigenvalue weighted by Crippen LogP contribution is -2.55. The summed E-state index contributed by atoms with van der Waals surface area (Å²) in [5.41, 5.74) is -0.543. The summed E-state index contributed by atoms with van der Waals surface area (Å²) in [5, 5.41) is 17.6. The van der Waals surface area contributed by atoms with Crippen LogP contribution in [0.25, 0.3) is 0 Å². The predicted molar refractivity (Wildman–Crippen MR) is 113 cm³/mol. The molecule has 2 fully saturated rings. The lowest BCUT2D eigenvalue weighted by molar-refractivity contribution is -0.198. The van der Waals surface area contributed by atoms with Crippen LogP contribution in [-0.4, -0.2) is 52.0 Å².